The molecule has 2 aliphatic heterocycles. The summed E-state index contributed by atoms with van der Waals surface area (Å²) in [7, 11) is 0. The summed E-state index contributed by atoms with van der Waals surface area (Å²) < 4.78 is 5.85. The normalized spacial score (nSPS) is 22.4. The number of ketones is 1. The van der Waals surface area contributed by atoms with Gasteiger partial charge in [0.2, 0.25) is 5.78 Å². The van der Waals surface area contributed by atoms with Crippen LogP contribution in [0.5, 0.6) is 11.5 Å². The Morgan fingerprint density at radius 3 is 2.69 bits per heavy atom. The number of likely N-dealkylation sites (tertiary alicyclic amines) is 1. The van der Waals surface area contributed by atoms with Crippen LogP contribution in [-0.4, -0.2) is 23.8 Å². The van der Waals surface area contributed by atoms with Crippen molar-refractivity contribution >= 4 is 17.5 Å². The van der Waals surface area contributed by atoms with Gasteiger partial charge in [-0.3, -0.25) is 14.9 Å². The highest BCUT2D eigenvalue weighted by Crippen LogP contribution is 2.38. The van der Waals surface area contributed by atoms with Crippen molar-refractivity contribution in [2.24, 2.45) is 5.92 Å². The molecule has 0 saturated carbocycles. The number of benzene rings is 2. The number of ether oxygens (including phenoxy) is 1. The lowest BCUT2D eigenvalue weighted by atomic mass is 9.99. The molecule has 2 aromatic rings. The second-order valence-electron chi connectivity index (χ2n) is 7.84. The van der Waals surface area contributed by atoms with Crippen molar-refractivity contribution in [2.45, 2.75) is 26.3 Å². The maximum absolute atomic E-state index is 12.8. The summed E-state index contributed by atoms with van der Waals surface area (Å²) in [5.41, 5.74) is 1.54. The molecule has 0 aromatic heterocycles. The number of nitro groups is 1. The minimum Gasteiger partial charge on any atom is -0.872 e. The Balaban J connectivity index is 1.61. The highest BCUT2D eigenvalue weighted by Gasteiger charge is 2.31. The zero-order chi connectivity index (χ0) is 20.5. The summed E-state index contributed by atoms with van der Waals surface area (Å²) in [5, 5.41) is 23.3. The Morgan fingerprint density at radius 1 is 1.24 bits per heavy atom. The first-order valence-corrected chi connectivity index (χ1v) is 9.77. The van der Waals surface area contributed by atoms with E-state index >= 15 is 0 Å². The predicted molar refractivity (Wildman–Crippen MR) is 105 cm³/mol. The smallest absolute Gasteiger partial charge is 0.269 e. The zero-order valence-electron chi connectivity index (χ0n) is 16.1. The number of nitrogens with one attached hydrogen (secondary N) is 1. The van der Waals surface area contributed by atoms with E-state index < -0.39 is 4.92 Å². The molecular formula is C22H22N2O5. The van der Waals surface area contributed by atoms with Gasteiger partial charge >= 0.3 is 0 Å². The van der Waals surface area contributed by atoms with E-state index in [-0.39, 0.29) is 23.0 Å². The third-order valence-electron chi connectivity index (χ3n) is 5.59. The summed E-state index contributed by atoms with van der Waals surface area (Å²) in [4.78, 5) is 24.4. The molecule has 1 N–H and O–H groups in total. The highest BCUT2D eigenvalue weighted by molar-refractivity contribution is 6.14. The fourth-order valence-corrected chi connectivity index (χ4v) is 4.11. The van der Waals surface area contributed by atoms with Crippen molar-refractivity contribution in [2.75, 3.05) is 13.1 Å². The molecule has 2 heterocycles. The van der Waals surface area contributed by atoms with Crippen LogP contribution in [0.15, 0.2) is 42.2 Å². The van der Waals surface area contributed by atoms with Crippen LogP contribution >= 0.6 is 0 Å². The van der Waals surface area contributed by atoms with E-state index in [9.17, 15) is 20.0 Å². The Hall–Kier alpha value is -3.19. The highest BCUT2D eigenvalue weighted by atomic mass is 16.6. The van der Waals surface area contributed by atoms with E-state index in [1.807, 2.05) is 0 Å². The lowest BCUT2D eigenvalue weighted by Gasteiger charge is -2.29. The molecule has 0 spiro atoms. The van der Waals surface area contributed by atoms with Crippen molar-refractivity contribution in [1.82, 2.24) is 0 Å². The Morgan fingerprint density at radius 2 is 2.00 bits per heavy atom. The number of fused-ring (bicyclic) bond motifs is 1. The lowest BCUT2D eigenvalue weighted by molar-refractivity contribution is -0.922. The number of rotatable bonds is 4. The molecule has 0 bridgehead atoms. The van der Waals surface area contributed by atoms with E-state index in [2.05, 4.69) is 6.92 Å². The number of nitrogens with zero attached hydrogens (tertiary/aromatic N) is 1. The van der Waals surface area contributed by atoms with E-state index in [0.29, 0.717) is 34.9 Å². The van der Waals surface area contributed by atoms with E-state index in [1.165, 1.54) is 35.6 Å². The number of carbonyl (C=O) groups excluding carboxylic acids is 1. The van der Waals surface area contributed by atoms with Crippen LogP contribution in [-0.2, 0) is 6.54 Å². The first-order chi connectivity index (χ1) is 13.9. The number of hydrogen-bond acceptors (Lipinski definition) is 5. The lowest BCUT2D eigenvalue weighted by Crippen LogP contribution is -3.12. The van der Waals surface area contributed by atoms with Crippen LogP contribution in [0, 0.1) is 16.0 Å². The number of quaternary nitrogens is 1. The van der Waals surface area contributed by atoms with Gasteiger partial charge in [-0.1, -0.05) is 18.7 Å². The quantitative estimate of drug-likeness (QED) is 0.487. The summed E-state index contributed by atoms with van der Waals surface area (Å²) in [5.74, 6) is 0.718. The number of Topliss-reactive ketones (excluding diaryl/α,β-unsaturated/α-hetero) is 1. The topological polar surface area (TPSA) is 96.9 Å². The van der Waals surface area contributed by atoms with Gasteiger partial charge in [0.1, 0.15) is 12.3 Å². The Labute approximate surface area is 168 Å². The average Bonchev–Trinajstić information content (AvgIpc) is 3.00. The fraction of sp³-hybridized carbons (Fsp3) is 0.318. The van der Waals surface area contributed by atoms with Gasteiger partial charge < -0.3 is 14.7 Å². The predicted octanol–water partition coefficient (Wildman–Crippen LogP) is 2.10. The molecule has 1 fully saturated rings. The number of carbonyl (C=O) groups is 1. The summed E-state index contributed by atoms with van der Waals surface area (Å²) in [6.45, 7) is 4.78. The van der Waals surface area contributed by atoms with Crippen molar-refractivity contribution in [1.29, 1.82) is 0 Å². The molecule has 2 aromatic carbocycles. The Bertz CT molecular complexity index is 997. The number of allylic oxidation sites excluding steroid dienone is 1. The molecule has 0 amide bonds. The average molecular weight is 394 g/mol. The molecule has 1 saturated heterocycles. The van der Waals surface area contributed by atoms with Crippen molar-refractivity contribution in [3.63, 3.8) is 0 Å². The largest absolute Gasteiger partial charge is 0.872 e. The van der Waals surface area contributed by atoms with Crippen LogP contribution in [0.2, 0.25) is 0 Å². The molecular weight excluding hydrogens is 372 g/mol. The van der Waals surface area contributed by atoms with E-state index in [1.54, 1.807) is 18.2 Å². The first-order valence-electron chi connectivity index (χ1n) is 9.77. The molecule has 0 aliphatic carbocycles. The second kappa shape index (κ2) is 7.67. The zero-order valence-corrected chi connectivity index (χ0v) is 16.1. The number of nitro benzene ring substituents is 1. The summed E-state index contributed by atoms with van der Waals surface area (Å²) >= 11 is 0. The van der Waals surface area contributed by atoms with Crippen LogP contribution in [0.25, 0.3) is 6.08 Å². The molecule has 2 aliphatic rings. The van der Waals surface area contributed by atoms with Gasteiger partial charge in [-0.15, -0.1) is 0 Å². The third kappa shape index (κ3) is 3.86. The summed E-state index contributed by atoms with van der Waals surface area (Å²) in [6.07, 6.45) is 3.89. The monoisotopic (exact) mass is 394 g/mol. The maximum atomic E-state index is 12.8. The second-order valence-corrected chi connectivity index (χ2v) is 7.84. The van der Waals surface area contributed by atoms with E-state index in [0.717, 1.165) is 19.5 Å². The molecule has 29 heavy (non-hydrogen) atoms. The van der Waals surface area contributed by atoms with Gasteiger partial charge in [-0.2, -0.15) is 0 Å². The number of piperidine rings is 1. The minimum absolute atomic E-state index is 0.0221. The molecule has 2 atom stereocenters. The van der Waals surface area contributed by atoms with Crippen molar-refractivity contribution < 1.29 is 24.5 Å². The number of hydrogen-bond donors (Lipinski definition) is 1. The summed E-state index contributed by atoms with van der Waals surface area (Å²) in [6, 6.07) is 8.83. The van der Waals surface area contributed by atoms with Crippen LogP contribution in [0.3, 0.4) is 0 Å². The van der Waals surface area contributed by atoms with Crippen molar-refractivity contribution in [3.05, 3.63) is 69.0 Å². The molecule has 0 radical (unpaired) electrons. The molecule has 7 nitrogen and oxygen atoms in total. The van der Waals surface area contributed by atoms with Crippen LogP contribution < -0.4 is 14.7 Å². The standard InChI is InChI=1S/C22H22N2O5/c1-14-3-2-10-23(12-14)13-18-19(25)9-8-17-21(26)20(29-22(17)18)11-15-4-6-16(7-5-15)24(27)28/h4-9,11,14,25H,2-3,10,12-13H2,1H3/b20-11-. The minimum atomic E-state index is -0.476. The van der Waals surface area contributed by atoms with Gasteiger partial charge in [-0.25, -0.2) is 0 Å². The SMILES string of the molecule is CC1CCC[NH+](Cc2c([O-])ccc3c2O/C(=C\c2ccc([N+](=O)[O-])cc2)C3=O)C1. The van der Waals surface area contributed by atoms with Gasteiger partial charge in [-0.05, 0) is 42.7 Å². The van der Waals surface area contributed by atoms with Gasteiger partial charge in [0.05, 0.1) is 23.6 Å². The molecule has 7 heteroatoms. The van der Waals surface area contributed by atoms with Gasteiger partial charge in [0.15, 0.2) is 5.76 Å². The molecule has 2 unspecified atom stereocenters. The maximum Gasteiger partial charge on any atom is 0.269 e. The number of non-ortho nitro benzene ring substituents is 1. The third-order valence-corrected chi connectivity index (χ3v) is 5.59. The van der Waals surface area contributed by atoms with Crippen molar-refractivity contribution in [3.8, 4) is 11.5 Å². The fourth-order valence-electron chi connectivity index (χ4n) is 4.11. The van der Waals surface area contributed by atoms with Gasteiger partial charge in [0, 0.05) is 23.6 Å². The van der Waals surface area contributed by atoms with E-state index in [4.69, 9.17) is 4.74 Å². The first kappa shape index (κ1) is 19.1. The Kier molecular flexibility index (Phi) is 5.07. The molecule has 4 rings (SSSR count). The van der Waals surface area contributed by atoms with Crippen LogP contribution in [0.1, 0.15) is 41.3 Å². The molecule has 150 valence electrons. The van der Waals surface area contributed by atoms with Gasteiger partial charge in [0.25, 0.3) is 5.69 Å². The van der Waals surface area contributed by atoms with Crippen LogP contribution in [0.4, 0.5) is 5.69 Å².